The lowest BCUT2D eigenvalue weighted by Crippen LogP contribution is -2.29. The Labute approximate surface area is 114 Å². The Morgan fingerprint density at radius 2 is 2.11 bits per heavy atom. The number of nitrogens with two attached hydrogens (primary N) is 1. The molecule has 0 unspecified atom stereocenters. The molecule has 1 heterocycles. The van der Waals surface area contributed by atoms with Gasteiger partial charge in [0.2, 0.25) is 0 Å². The maximum atomic E-state index is 11.2. The van der Waals surface area contributed by atoms with Crippen molar-refractivity contribution in [1.29, 1.82) is 0 Å². The third-order valence-corrected chi connectivity index (χ3v) is 3.57. The number of rotatable bonds is 5. The van der Waals surface area contributed by atoms with Gasteiger partial charge in [-0.05, 0) is 23.8 Å². The second kappa shape index (κ2) is 6.42. The van der Waals surface area contributed by atoms with Crippen molar-refractivity contribution in [2.24, 2.45) is 5.84 Å². The van der Waals surface area contributed by atoms with Crippen LogP contribution < -0.4 is 11.3 Å². The van der Waals surface area contributed by atoms with E-state index in [0.29, 0.717) is 17.1 Å². The zero-order valence-electron chi connectivity index (χ0n) is 10.1. The van der Waals surface area contributed by atoms with Gasteiger partial charge in [-0.15, -0.1) is 11.8 Å². The van der Waals surface area contributed by atoms with E-state index >= 15 is 0 Å². The van der Waals surface area contributed by atoms with Gasteiger partial charge in [-0.1, -0.05) is 12.1 Å². The van der Waals surface area contributed by atoms with Gasteiger partial charge >= 0.3 is 0 Å². The second-order valence-corrected chi connectivity index (χ2v) is 4.91. The van der Waals surface area contributed by atoms with E-state index in [-0.39, 0.29) is 12.5 Å². The largest absolute Gasteiger partial charge is 0.468 e. The number of nitrogens with one attached hydrogen (secondary N) is 1. The average Bonchev–Trinajstić information content (AvgIpc) is 2.93. The Kier molecular flexibility index (Phi) is 4.62. The van der Waals surface area contributed by atoms with Gasteiger partial charge < -0.3 is 9.52 Å². The molecule has 0 spiro atoms. The van der Waals surface area contributed by atoms with Crippen LogP contribution in [0.2, 0.25) is 0 Å². The van der Waals surface area contributed by atoms with Gasteiger partial charge in [0, 0.05) is 4.90 Å². The number of hydrazine groups is 1. The van der Waals surface area contributed by atoms with Crippen LogP contribution in [0.5, 0.6) is 0 Å². The predicted molar refractivity (Wildman–Crippen MR) is 72.3 cm³/mol. The minimum absolute atomic E-state index is 0.0424. The molecule has 0 atom stereocenters. The molecule has 0 aliphatic heterocycles. The molecule has 0 aliphatic carbocycles. The van der Waals surface area contributed by atoms with Crippen LogP contribution in [0.15, 0.2) is 45.9 Å². The fourth-order valence-electron chi connectivity index (χ4n) is 1.50. The van der Waals surface area contributed by atoms with E-state index in [2.05, 4.69) is 5.43 Å². The highest BCUT2D eigenvalue weighted by Crippen LogP contribution is 2.24. The fraction of sp³-hybridized carbons (Fsp3) is 0.154. The summed E-state index contributed by atoms with van der Waals surface area (Å²) in [7, 11) is 0. The number of benzene rings is 1. The quantitative estimate of drug-likeness (QED) is 0.335. The van der Waals surface area contributed by atoms with Crippen LogP contribution in [-0.2, 0) is 12.4 Å². The first-order valence-electron chi connectivity index (χ1n) is 5.64. The van der Waals surface area contributed by atoms with Crippen molar-refractivity contribution >= 4 is 17.7 Å². The normalized spacial score (nSPS) is 10.4. The van der Waals surface area contributed by atoms with Gasteiger partial charge in [-0.2, -0.15) is 0 Å². The standard InChI is InChI=1S/C13H14N2O3S/c14-15-13(17)10-5-11(18-7-10)8-19-12-3-1-9(6-16)2-4-12/h1-5,7,16H,6,8,14H2,(H,15,17). The summed E-state index contributed by atoms with van der Waals surface area (Å²) in [4.78, 5) is 12.3. The number of aliphatic hydroxyl groups is 1. The SMILES string of the molecule is NNC(=O)c1coc(CSc2ccc(CO)cc2)c1. The highest BCUT2D eigenvalue weighted by molar-refractivity contribution is 7.98. The Morgan fingerprint density at radius 1 is 1.37 bits per heavy atom. The van der Waals surface area contributed by atoms with Gasteiger partial charge in [0.05, 0.1) is 17.9 Å². The summed E-state index contributed by atoms with van der Waals surface area (Å²) in [5, 5.41) is 8.94. The fourth-order valence-corrected chi connectivity index (χ4v) is 2.29. The summed E-state index contributed by atoms with van der Waals surface area (Å²) in [6, 6.07) is 9.28. The van der Waals surface area contributed by atoms with Gasteiger partial charge in [0.25, 0.3) is 5.91 Å². The molecule has 5 nitrogen and oxygen atoms in total. The molecule has 1 aromatic heterocycles. The summed E-state index contributed by atoms with van der Waals surface area (Å²) in [5.41, 5.74) is 3.34. The molecular weight excluding hydrogens is 264 g/mol. The Morgan fingerprint density at radius 3 is 2.74 bits per heavy atom. The molecule has 2 aromatic rings. The molecular formula is C13H14N2O3S. The number of amides is 1. The number of aliphatic hydroxyl groups excluding tert-OH is 1. The average molecular weight is 278 g/mol. The second-order valence-electron chi connectivity index (χ2n) is 3.87. The first kappa shape index (κ1) is 13.7. The van der Waals surface area contributed by atoms with Crippen LogP contribution in [-0.4, -0.2) is 11.0 Å². The van der Waals surface area contributed by atoms with Crippen LogP contribution >= 0.6 is 11.8 Å². The van der Waals surface area contributed by atoms with Gasteiger partial charge in [-0.3, -0.25) is 10.2 Å². The number of thioether (sulfide) groups is 1. The summed E-state index contributed by atoms with van der Waals surface area (Å²) < 4.78 is 5.28. The molecule has 1 aromatic carbocycles. The molecule has 2 rings (SSSR count). The van der Waals surface area contributed by atoms with Crippen molar-refractivity contribution in [2.75, 3.05) is 0 Å². The number of carbonyl (C=O) groups excluding carboxylic acids is 1. The molecule has 0 bridgehead atoms. The molecule has 6 heteroatoms. The number of hydrogen-bond acceptors (Lipinski definition) is 5. The zero-order valence-corrected chi connectivity index (χ0v) is 10.9. The lowest BCUT2D eigenvalue weighted by Gasteiger charge is -2.00. The molecule has 0 fully saturated rings. The van der Waals surface area contributed by atoms with Crippen molar-refractivity contribution in [3.8, 4) is 0 Å². The van der Waals surface area contributed by atoms with Crippen LogP contribution in [0.3, 0.4) is 0 Å². The van der Waals surface area contributed by atoms with Gasteiger partial charge in [0.15, 0.2) is 0 Å². The molecule has 1 amide bonds. The summed E-state index contributed by atoms with van der Waals surface area (Å²) in [5.74, 6) is 6.00. The summed E-state index contributed by atoms with van der Waals surface area (Å²) in [6.07, 6.45) is 1.38. The molecule has 0 aliphatic rings. The minimum atomic E-state index is -0.368. The Bertz CT molecular complexity index is 551. The van der Waals surface area contributed by atoms with Crippen LogP contribution in [0, 0.1) is 0 Å². The molecule has 0 saturated heterocycles. The third kappa shape index (κ3) is 3.60. The number of furan rings is 1. The van der Waals surface area contributed by atoms with Gasteiger partial charge in [-0.25, -0.2) is 5.84 Å². The van der Waals surface area contributed by atoms with E-state index < -0.39 is 0 Å². The van der Waals surface area contributed by atoms with Gasteiger partial charge in [0.1, 0.15) is 12.0 Å². The molecule has 100 valence electrons. The topological polar surface area (TPSA) is 88.5 Å². The van der Waals surface area contributed by atoms with Crippen LogP contribution in [0.25, 0.3) is 0 Å². The maximum Gasteiger partial charge on any atom is 0.268 e. The molecule has 19 heavy (non-hydrogen) atoms. The van der Waals surface area contributed by atoms with Crippen molar-refractivity contribution in [1.82, 2.24) is 5.43 Å². The summed E-state index contributed by atoms with van der Waals surface area (Å²) >= 11 is 1.59. The first-order valence-corrected chi connectivity index (χ1v) is 6.62. The van der Waals surface area contributed by atoms with E-state index in [1.807, 2.05) is 24.3 Å². The van der Waals surface area contributed by atoms with E-state index in [0.717, 1.165) is 10.5 Å². The first-order chi connectivity index (χ1) is 9.22. The predicted octanol–water partition coefficient (Wildman–Crippen LogP) is 1.67. The highest BCUT2D eigenvalue weighted by atomic mass is 32.2. The minimum Gasteiger partial charge on any atom is -0.468 e. The maximum absolute atomic E-state index is 11.2. The van der Waals surface area contributed by atoms with E-state index in [1.54, 1.807) is 17.8 Å². The molecule has 0 radical (unpaired) electrons. The molecule has 4 N–H and O–H groups in total. The lowest BCUT2D eigenvalue weighted by molar-refractivity contribution is 0.0953. The monoisotopic (exact) mass is 278 g/mol. The van der Waals surface area contributed by atoms with Crippen LogP contribution in [0.4, 0.5) is 0 Å². The van der Waals surface area contributed by atoms with E-state index in [1.165, 1.54) is 6.26 Å². The van der Waals surface area contributed by atoms with Crippen LogP contribution in [0.1, 0.15) is 21.7 Å². The zero-order chi connectivity index (χ0) is 13.7. The van der Waals surface area contributed by atoms with Crippen molar-refractivity contribution in [2.45, 2.75) is 17.3 Å². The van der Waals surface area contributed by atoms with Crippen molar-refractivity contribution in [3.63, 3.8) is 0 Å². The number of carbonyl (C=O) groups is 1. The smallest absolute Gasteiger partial charge is 0.268 e. The Balaban J connectivity index is 1.94. The third-order valence-electron chi connectivity index (χ3n) is 2.53. The molecule has 0 saturated carbocycles. The Hall–Kier alpha value is -1.76. The highest BCUT2D eigenvalue weighted by Gasteiger charge is 2.08. The lowest BCUT2D eigenvalue weighted by atomic mass is 10.2. The van der Waals surface area contributed by atoms with Crippen molar-refractivity contribution < 1.29 is 14.3 Å². The van der Waals surface area contributed by atoms with E-state index in [4.69, 9.17) is 15.4 Å². The number of nitrogen functional groups attached to an aromatic ring is 1. The number of hydrogen-bond donors (Lipinski definition) is 3. The summed E-state index contributed by atoms with van der Waals surface area (Å²) in [6.45, 7) is 0.0424. The van der Waals surface area contributed by atoms with Crippen molar-refractivity contribution in [3.05, 3.63) is 53.5 Å². The van der Waals surface area contributed by atoms with E-state index in [9.17, 15) is 4.79 Å².